The lowest BCUT2D eigenvalue weighted by atomic mass is 10.0. The molecule has 0 radical (unpaired) electrons. The summed E-state index contributed by atoms with van der Waals surface area (Å²) in [6.07, 6.45) is 0.813. The number of aliphatic hydroxyl groups is 1. The first kappa shape index (κ1) is 46.3. The molecule has 8 atom stereocenters. The van der Waals surface area contributed by atoms with Crippen LogP contribution in [0.5, 0.6) is 0 Å². The Kier molecular flexibility index (Phi) is 18.0. The second-order valence-electron chi connectivity index (χ2n) is 15.3. The van der Waals surface area contributed by atoms with Gasteiger partial charge in [-0.15, -0.1) is 0 Å². The molecule has 0 saturated carbocycles. The molecule has 0 aliphatic carbocycles. The number of nitrogens with zero attached hydrogens (tertiary/aromatic N) is 2. The van der Waals surface area contributed by atoms with Gasteiger partial charge in [0.25, 0.3) is 0 Å². The summed E-state index contributed by atoms with van der Waals surface area (Å²) < 4.78 is 0. The fourth-order valence-electron chi connectivity index (χ4n) is 6.68. The summed E-state index contributed by atoms with van der Waals surface area (Å²) in [4.78, 5) is 118. The summed E-state index contributed by atoms with van der Waals surface area (Å²) in [6, 6.07) is -7.21. The first-order valence-electron chi connectivity index (χ1n) is 19.0. The first-order valence-corrected chi connectivity index (χ1v) is 19.0. The van der Waals surface area contributed by atoms with Crippen molar-refractivity contribution in [3.05, 3.63) is 0 Å². The highest BCUT2D eigenvalue weighted by molar-refractivity contribution is 5.97. The van der Waals surface area contributed by atoms with Crippen LogP contribution in [0.2, 0.25) is 0 Å². The Morgan fingerprint density at radius 1 is 0.655 bits per heavy atom. The number of primary amides is 1. The first-order chi connectivity index (χ1) is 25.6. The molecule has 19 heteroatoms. The third kappa shape index (κ3) is 14.1. The van der Waals surface area contributed by atoms with E-state index in [4.69, 9.17) is 5.73 Å². The average molecular weight is 780 g/mol. The fourth-order valence-corrected chi connectivity index (χ4v) is 6.68. The highest BCUT2D eigenvalue weighted by Crippen LogP contribution is 2.22. The Hall–Kier alpha value is -4.81. The predicted octanol–water partition coefficient (Wildman–Crippen LogP) is -2.47. The number of hydrogen-bond acceptors (Lipinski definition) is 10. The van der Waals surface area contributed by atoms with E-state index in [0.29, 0.717) is 25.7 Å². The van der Waals surface area contributed by atoms with Crippen molar-refractivity contribution in [2.45, 2.75) is 142 Å². The van der Waals surface area contributed by atoms with Crippen LogP contribution in [0, 0.1) is 11.8 Å². The molecule has 0 spiro atoms. The van der Waals surface area contributed by atoms with Crippen LogP contribution in [0.15, 0.2) is 0 Å². The molecule has 2 heterocycles. The van der Waals surface area contributed by atoms with Crippen molar-refractivity contribution in [1.29, 1.82) is 0 Å². The van der Waals surface area contributed by atoms with Crippen molar-refractivity contribution in [3.63, 3.8) is 0 Å². The zero-order valence-electron chi connectivity index (χ0n) is 33.2. The number of nitrogens with one attached hydrogen (secondary N) is 6. The van der Waals surface area contributed by atoms with Crippen molar-refractivity contribution in [2.24, 2.45) is 17.6 Å². The number of nitrogens with two attached hydrogens (primary N) is 1. The van der Waals surface area contributed by atoms with Gasteiger partial charge in [0.2, 0.25) is 53.2 Å². The molecule has 310 valence electrons. The van der Waals surface area contributed by atoms with E-state index in [1.54, 1.807) is 0 Å². The minimum absolute atomic E-state index is 0.0163. The van der Waals surface area contributed by atoms with Gasteiger partial charge in [-0.25, -0.2) is 0 Å². The summed E-state index contributed by atoms with van der Waals surface area (Å²) in [6.45, 7) is 12.9. The normalized spacial score (nSPS) is 20.1. The second-order valence-corrected chi connectivity index (χ2v) is 15.3. The molecule has 2 saturated heterocycles. The van der Waals surface area contributed by atoms with Crippen LogP contribution in [0.4, 0.5) is 0 Å². The molecule has 2 rings (SSSR count). The van der Waals surface area contributed by atoms with E-state index >= 15 is 0 Å². The summed E-state index contributed by atoms with van der Waals surface area (Å²) in [7, 11) is 0. The van der Waals surface area contributed by atoms with E-state index in [1.807, 2.05) is 27.7 Å². The molecule has 0 aromatic heterocycles. The molecule has 19 nitrogen and oxygen atoms in total. The zero-order chi connectivity index (χ0) is 41.7. The molecule has 0 aromatic rings. The topological polar surface area (TPSA) is 279 Å². The summed E-state index contributed by atoms with van der Waals surface area (Å²) in [5, 5.41) is 25.3. The molecular formula is C36H61N9O10. The highest BCUT2D eigenvalue weighted by Gasteiger charge is 2.41. The van der Waals surface area contributed by atoms with Gasteiger partial charge >= 0.3 is 0 Å². The SMILES string of the molecule is CC(=O)N[C@@H](C)C(=O)N[C@@H](CC(C)C)C(=O)N1CCC[C@H]1C(=O)N[C@H](C)C(=O)N1CCC[C@H]1C(=O)NCC(=O)N[C@H](C(=O)N[C@@H](CC(C)C)C(N)=O)[C@@H](C)O. The summed E-state index contributed by atoms with van der Waals surface area (Å²) in [5.41, 5.74) is 5.39. The lowest BCUT2D eigenvalue weighted by Crippen LogP contribution is -2.59. The van der Waals surface area contributed by atoms with Gasteiger partial charge in [0.05, 0.1) is 12.6 Å². The Labute approximate surface area is 322 Å². The number of aliphatic hydroxyl groups excluding tert-OH is 1. The van der Waals surface area contributed by atoms with E-state index < -0.39 is 108 Å². The van der Waals surface area contributed by atoms with Gasteiger partial charge < -0.3 is 52.5 Å². The van der Waals surface area contributed by atoms with Crippen LogP contribution in [-0.4, -0.2) is 136 Å². The lowest BCUT2D eigenvalue weighted by Gasteiger charge is -2.31. The van der Waals surface area contributed by atoms with Crippen molar-refractivity contribution in [3.8, 4) is 0 Å². The maximum Gasteiger partial charge on any atom is 0.245 e. The third-order valence-electron chi connectivity index (χ3n) is 9.41. The van der Waals surface area contributed by atoms with E-state index in [-0.39, 0.29) is 37.8 Å². The van der Waals surface area contributed by atoms with E-state index in [9.17, 15) is 48.3 Å². The van der Waals surface area contributed by atoms with Gasteiger partial charge in [-0.2, -0.15) is 0 Å². The maximum atomic E-state index is 13.7. The van der Waals surface area contributed by atoms with Crippen LogP contribution in [0.3, 0.4) is 0 Å². The lowest BCUT2D eigenvalue weighted by molar-refractivity contribution is -0.144. The van der Waals surface area contributed by atoms with Crippen LogP contribution in [-0.2, 0) is 43.2 Å². The largest absolute Gasteiger partial charge is 0.391 e. The minimum Gasteiger partial charge on any atom is -0.391 e. The monoisotopic (exact) mass is 779 g/mol. The molecular weight excluding hydrogens is 718 g/mol. The van der Waals surface area contributed by atoms with Gasteiger partial charge in [-0.05, 0) is 71.1 Å². The molecule has 0 bridgehead atoms. The van der Waals surface area contributed by atoms with Crippen LogP contribution >= 0.6 is 0 Å². The number of amides is 9. The second kappa shape index (κ2) is 21.3. The maximum absolute atomic E-state index is 13.7. The molecule has 0 unspecified atom stereocenters. The minimum atomic E-state index is -1.45. The summed E-state index contributed by atoms with van der Waals surface area (Å²) in [5.74, 6) is -5.50. The molecule has 55 heavy (non-hydrogen) atoms. The fraction of sp³-hybridized carbons (Fsp3) is 0.750. The molecule has 9 amide bonds. The van der Waals surface area contributed by atoms with Crippen molar-refractivity contribution in [1.82, 2.24) is 41.7 Å². The standard InChI is InChI=1S/C36H61N9O10/c1-18(2)15-24(30(37)49)41-34(53)29(22(7)46)43-28(48)17-38-32(51)26-11-9-13-44(26)35(54)21(6)40-33(52)27-12-10-14-45(27)36(55)25(16-19(3)4)42-31(50)20(5)39-23(8)47/h18-22,24-27,29,46H,9-17H2,1-8H3,(H2,37,49)(H,38,51)(H,39,47)(H,40,52)(H,41,53)(H,42,50)(H,43,48)/t20-,21+,22+,24-,25-,26-,27-,29-/m0/s1. The van der Waals surface area contributed by atoms with Gasteiger partial charge in [0, 0.05) is 20.0 Å². The molecule has 2 aliphatic rings. The van der Waals surface area contributed by atoms with Crippen LogP contribution in [0.25, 0.3) is 0 Å². The highest BCUT2D eigenvalue weighted by atomic mass is 16.3. The molecule has 0 aromatic carbocycles. The molecule has 9 N–H and O–H groups in total. The van der Waals surface area contributed by atoms with Crippen LogP contribution in [0.1, 0.15) is 93.9 Å². The number of carbonyl (C=O) groups is 9. The molecule has 2 fully saturated rings. The Morgan fingerprint density at radius 2 is 1.16 bits per heavy atom. The van der Waals surface area contributed by atoms with E-state index in [0.717, 1.165) is 0 Å². The number of carbonyl (C=O) groups excluding carboxylic acids is 9. The van der Waals surface area contributed by atoms with E-state index in [2.05, 4.69) is 31.9 Å². The van der Waals surface area contributed by atoms with Gasteiger partial charge in [-0.1, -0.05) is 27.7 Å². The number of hydrogen-bond donors (Lipinski definition) is 8. The van der Waals surface area contributed by atoms with Crippen molar-refractivity contribution < 1.29 is 48.3 Å². The third-order valence-corrected chi connectivity index (χ3v) is 9.41. The van der Waals surface area contributed by atoms with Crippen LogP contribution < -0.4 is 37.6 Å². The average Bonchev–Trinajstić information content (AvgIpc) is 3.78. The quantitative estimate of drug-likeness (QED) is 0.0684. The van der Waals surface area contributed by atoms with E-state index in [1.165, 1.54) is 37.5 Å². The Balaban J connectivity index is 2.02. The van der Waals surface area contributed by atoms with Crippen molar-refractivity contribution >= 4 is 53.2 Å². The van der Waals surface area contributed by atoms with Gasteiger partial charge in [0.1, 0.15) is 42.3 Å². The Morgan fingerprint density at radius 3 is 1.67 bits per heavy atom. The Bertz CT molecular complexity index is 1440. The van der Waals surface area contributed by atoms with Gasteiger partial charge in [-0.3, -0.25) is 43.2 Å². The smallest absolute Gasteiger partial charge is 0.245 e. The predicted molar refractivity (Wildman–Crippen MR) is 199 cm³/mol. The van der Waals surface area contributed by atoms with Crippen molar-refractivity contribution in [2.75, 3.05) is 19.6 Å². The molecule has 2 aliphatic heterocycles. The number of rotatable bonds is 19. The summed E-state index contributed by atoms with van der Waals surface area (Å²) >= 11 is 0. The number of likely N-dealkylation sites (tertiary alicyclic amines) is 2. The van der Waals surface area contributed by atoms with Gasteiger partial charge in [0.15, 0.2) is 0 Å². The zero-order valence-corrected chi connectivity index (χ0v) is 33.2.